The minimum Gasteiger partial charge on any atom is -0.397 e. The van der Waals surface area contributed by atoms with E-state index in [-0.39, 0.29) is 0 Å². The van der Waals surface area contributed by atoms with Gasteiger partial charge in [-0.05, 0) is 50.6 Å². The molecule has 1 atom stereocenters. The largest absolute Gasteiger partial charge is 0.397 e. The highest BCUT2D eigenvalue weighted by molar-refractivity contribution is 7.11. The minimum atomic E-state index is 0.382. The number of aryl methyl sites for hydroxylation is 2. The Balaban J connectivity index is 2.00. The zero-order chi connectivity index (χ0) is 13.1. The van der Waals surface area contributed by atoms with Crippen LogP contribution < -0.4 is 11.1 Å². The van der Waals surface area contributed by atoms with Crippen LogP contribution in [0.1, 0.15) is 22.2 Å². The fraction of sp³-hybridized carbons (Fsp3) is 0.333. The van der Waals surface area contributed by atoms with Crippen molar-refractivity contribution in [1.82, 2.24) is 0 Å². The Morgan fingerprint density at radius 2 is 2.00 bits per heavy atom. The summed E-state index contributed by atoms with van der Waals surface area (Å²) < 4.78 is 0. The SMILES string of the molecule is Cc1ccc(NC(C)Cc2ccc(C)s2)c(N)c1. The number of benzene rings is 1. The van der Waals surface area contributed by atoms with Crippen LogP contribution in [0.15, 0.2) is 30.3 Å². The summed E-state index contributed by atoms with van der Waals surface area (Å²) in [6, 6.07) is 10.9. The average Bonchev–Trinajstić information content (AvgIpc) is 2.68. The second-order valence-corrected chi connectivity index (χ2v) is 6.23. The maximum atomic E-state index is 6.01. The molecule has 0 aliphatic carbocycles. The summed E-state index contributed by atoms with van der Waals surface area (Å²) in [4.78, 5) is 2.78. The van der Waals surface area contributed by atoms with E-state index in [2.05, 4.69) is 50.4 Å². The van der Waals surface area contributed by atoms with Gasteiger partial charge in [-0.3, -0.25) is 0 Å². The van der Waals surface area contributed by atoms with Gasteiger partial charge in [-0.25, -0.2) is 0 Å². The van der Waals surface area contributed by atoms with E-state index >= 15 is 0 Å². The second kappa shape index (κ2) is 5.44. The summed E-state index contributed by atoms with van der Waals surface area (Å²) >= 11 is 1.86. The highest BCUT2D eigenvalue weighted by Gasteiger charge is 2.07. The number of thiophene rings is 1. The van der Waals surface area contributed by atoms with E-state index < -0.39 is 0 Å². The van der Waals surface area contributed by atoms with Crippen molar-refractivity contribution in [2.24, 2.45) is 0 Å². The van der Waals surface area contributed by atoms with Crippen molar-refractivity contribution in [2.75, 3.05) is 11.1 Å². The Morgan fingerprint density at radius 3 is 2.61 bits per heavy atom. The number of nitrogen functional groups attached to an aromatic ring is 1. The molecular weight excluding hydrogens is 240 g/mol. The van der Waals surface area contributed by atoms with E-state index in [4.69, 9.17) is 5.73 Å². The first kappa shape index (κ1) is 13.0. The number of hydrogen-bond donors (Lipinski definition) is 2. The van der Waals surface area contributed by atoms with Crippen LogP contribution in [-0.4, -0.2) is 6.04 Å². The molecule has 0 fully saturated rings. The monoisotopic (exact) mass is 260 g/mol. The molecule has 0 aliphatic heterocycles. The average molecular weight is 260 g/mol. The number of nitrogens with one attached hydrogen (secondary N) is 1. The Bertz CT molecular complexity index is 531. The van der Waals surface area contributed by atoms with Crippen molar-refractivity contribution in [1.29, 1.82) is 0 Å². The highest BCUT2D eigenvalue weighted by atomic mass is 32.1. The molecule has 2 rings (SSSR count). The molecule has 3 N–H and O–H groups in total. The smallest absolute Gasteiger partial charge is 0.0576 e. The van der Waals surface area contributed by atoms with Crippen molar-refractivity contribution in [3.8, 4) is 0 Å². The summed E-state index contributed by atoms with van der Waals surface area (Å²) in [5.41, 5.74) is 9.05. The lowest BCUT2D eigenvalue weighted by atomic mass is 10.1. The van der Waals surface area contributed by atoms with Crippen LogP contribution in [0.4, 0.5) is 11.4 Å². The Morgan fingerprint density at radius 1 is 1.22 bits per heavy atom. The molecule has 0 amide bonds. The summed E-state index contributed by atoms with van der Waals surface area (Å²) in [6.07, 6.45) is 1.03. The van der Waals surface area contributed by atoms with Gasteiger partial charge in [-0.2, -0.15) is 0 Å². The molecule has 2 nitrogen and oxygen atoms in total. The van der Waals surface area contributed by atoms with Crippen LogP contribution in [-0.2, 0) is 6.42 Å². The summed E-state index contributed by atoms with van der Waals surface area (Å²) in [5.74, 6) is 0. The van der Waals surface area contributed by atoms with Crippen molar-refractivity contribution < 1.29 is 0 Å². The van der Waals surface area contributed by atoms with Crippen LogP contribution in [0.25, 0.3) is 0 Å². The summed E-state index contributed by atoms with van der Waals surface area (Å²) in [7, 11) is 0. The maximum Gasteiger partial charge on any atom is 0.0576 e. The quantitative estimate of drug-likeness (QED) is 0.816. The number of hydrogen-bond acceptors (Lipinski definition) is 3. The van der Waals surface area contributed by atoms with E-state index in [1.54, 1.807) is 0 Å². The first-order chi connectivity index (χ1) is 8.54. The second-order valence-electron chi connectivity index (χ2n) is 4.85. The van der Waals surface area contributed by atoms with Gasteiger partial charge in [0.05, 0.1) is 11.4 Å². The number of anilines is 2. The fourth-order valence-electron chi connectivity index (χ4n) is 2.03. The molecule has 96 valence electrons. The maximum absolute atomic E-state index is 6.01. The third kappa shape index (κ3) is 3.26. The van der Waals surface area contributed by atoms with Crippen molar-refractivity contribution in [3.05, 3.63) is 45.6 Å². The molecule has 0 bridgehead atoms. The first-order valence-electron chi connectivity index (χ1n) is 6.22. The molecule has 0 radical (unpaired) electrons. The van der Waals surface area contributed by atoms with Crippen LogP contribution >= 0.6 is 11.3 Å². The molecule has 0 saturated carbocycles. The van der Waals surface area contributed by atoms with Gasteiger partial charge in [0.1, 0.15) is 0 Å². The van der Waals surface area contributed by atoms with E-state index in [9.17, 15) is 0 Å². The van der Waals surface area contributed by atoms with E-state index in [0.29, 0.717) is 6.04 Å². The fourth-order valence-corrected chi connectivity index (χ4v) is 3.05. The molecule has 2 aromatic rings. The first-order valence-corrected chi connectivity index (χ1v) is 7.04. The molecule has 18 heavy (non-hydrogen) atoms. The van der Waals surface area contributed by atoms with Crippen LogP contribution in [0.3, 0.4) is 0 Å². The van der Waals surface area contributed by atoms with Gasteiger partial charge < -0.3 is 11.1 Å². The normalized spacial score (nSPS) is 12.4. The van der Waals surface area contributed by atoms with Gasteiger partial charge in [-0.1, -0.05) is 6.07 Å². The topological polar surface area (TPSA) is 38.0 Å². The molecular formula is C15H20N2S. The molecule has 1 unspecified atom stereocenters. The van der Waals surface area contributed by atoms with Gasteiger partial charge in [-0.15, -0.1) is 11.3 Å². The zero-order valence-electron chi connectivity index (χ0n) is 11.2. The van der Waals surface area contributed by atoms with Gasteiger partial charge in [0, 0.05) is 22.2 Å². The Labute approximate surface area is 113 Å². The molecule has 1 aromatic carbocycles. The standard InChI is InChI=1S/C15H20N2S/c1-10-4-7-15(14(16)8-10)17-11(2)9-13-6-5-12(3)18-13/h4-8,11,17H,9,16H2,1-3H3. The minimum absolute atomic E-state index is 0.382. The summed E-state index contributed by atoms with van der Waals surface area (Å²) in [5, 5.41) is 3.48. The Kier molecular flexibility index (Phi) is 3.92. The van der Waals surface area contributed by atoms with Gasteiger partial charge >= 0.3 is 0 Å². The van der Waals surface area contributed by atoms with E-state index in [0.717, 1.165) is 17.8 Å². The molecule has 0 saturated heterocycles. The number of rotatable bonds is 4. The van der Waals surface area contributed by atoms with Gasteiger partial charge in [0.2, 0.25) is 0 Å². The molecule has 1 aromatic heterocycles. The van der Waals surface area contributed by atoms with E-state index in [1.165, 1.54) is 15.3 Å². The predicted molar refractivity (Wildman–Crippen MR) is 81.4 cm³/mol. The Hall–Kier alpha value is -1.48. The lowest BCUT2D eigenvalue weighted by Gasteiger charge is -2.16. The highest BCUT2D eigenvalue weighted by Crippen LogP contribution is 2.22. The molecule has 0 spiro atoms. The van der Waals surface area contributed by atoms with Crippen molar-refractivity contribution >= 4 is 22.7 Å². The lowest BCUT2D eigenvalue weighted by molar-refractivity contribution is 0.801. The van der Waals surface area contributed by atoms with E-state index in [1.807, 2.05) is 17.4 Å². The van der Waals surface area contributed by atoms with Crippen LogP contribution in [0, 0.1) is 13.8 Å². The molecule has 0 aliphatic rings. The van der Waals surface area contributed by atoms with Crippen LogP contribution in [0.5, 0.6) is 0 Å². The van der Waals surface area contributed by atoms with Crippen molar-refractivity contribution in [3.63, 3.8) is 0 Å². The molecule has 1 heterocycles. The zero-order valence-corrected chi connectivity index (χ0v) is 12.0. The number of nitrogens with two attached hydrogens (primary N) is 1. The van der Waals surface area contributed by atoms with Gasteiger partial charge in [0.25, 0.3) is 0 Å². The van der Waals surface area contributed by atoms with Crippen molar-refractivity contribution in [2.45, 2.75) is 33.2 Å². The summed E-state index contributed by atoms with van der Waals surface area (Å²) in [6.45, 7) is 6.39. The lowest BCUT2D eigenvalue weighted by Crippen LogP contribution is -2.18. The molecule has 3 heteroatoms. The third-order valence-corrected chi connectivity index (χ3v) is 3.94. The third-order valence-electron chi connectivity index (χ3n) is 2.91. The predicted octanol–water partition coefficient (Wildman–Crippen LogP) is 3.99. The van der Waals surface area contributed by atoms with Crippen LogP contribution in [0.2, 0.25) is 0 Å². The van der Waals surface area contributed by atoms with Gasteiger partial charge in [0.15, 0.2) is 0 Å².